The highest BCUT2D eigenvalue weighted by molar-refractivity contribution is 6.32. The Hall–Kier alpha value is -2.48. The average Bonchev–Trinajstić information content (AvgIpc) is 2.63. The van der Waals surface area contributed by atoms with Crippen LogP contribution in [0, 0.1) is 10.1 Å². The van der Waals surface area contributed by atoms with Crippen LogP contribution < -0.4 is 10.2 Å². The third-order valence-electron chi connectivity index (χ3n) is 4.37. The van der Waals surface area contributed by atoms with E-state index >= 15 is 0 Å². The zero-order valence-corrected chi connectivity index (χ0v) is 14.6. The summed E-state index contributed by atoms with van der Waals surface area (Å²) in [4.78, 5) is 25.6. The molecule has 1 aliphatic heterocycles. The van der Waals surface area contributed by atoms with Crippen molar-refractivity contribution in [2.45, 2.75) is 38.6 Å². The largest absolute Gasteiger partial charge is 0.353 e. The maximum absolute atomic E-state index is 11.8. The second kappa shape index (κ2) is 7.60. The molecule has 1 unspecified atom stereocenters. The van der Waals surface area contributed by atoms with E-state index in [9.17, 15) is 10.1 Å². The highest BCUT2D eigenvalue weighted by Crippen LogP contribution is 2.37. The van der Waals surface area contributed by atoms with Crippen LogP contribution in [0.1, 0.15) is 32.6 Å². The number of halogens is 1. The fourth-order valence-corrected chi connectivity index (χ4v) is 3.32. The lowest BCUT2D eigenvalue weighted by molar-refractivity contribution is -0.383. The van der Waals surface area contributed by atoms with E-state index in [1.54, 1.807) is 18.3 Å². The van der Waals surface area contributed by atoms with E-state index < -0.39 is 4.92 Å². The summed E-state index contributed by atoms with van der Waals surface area (Å²) in [5.74, 6) is 0.472. The highest BCUT2D eigenvalue weighted by Gasteiger charge is 2.32. The van der Waals surface area contributed by atoms with Crippen LogP contribution in [-0.2, 0) is 0 Å². The Morgan fingerprint density at radius 2 is 2.24 bits per heavy atom. The molecule has 0 bridgehead atoms. The van der Waals surface area contributed by atoms with Gasteiger partial charge in [-0.3, -0.25) is 10.1 Å². The van der Waals surface area contributed by atoms with Gasteiger partial charge in [-0.15, -0.1) is 0 Å². The molecule has 8 nitrogen and oxygen atoms in total. The minimum Gasteiger partial charge on any atom is -0.348 e. The summed E-state index contributed by atoms with van der Waals surface area (Å²) in [6.07, 6.45) is 6.94. The number of aromatic nitrogens is 3. The van der Waals surface area contributed by atoms with Crippen molar-refractivity contribution in [3.63, 3.8) is 0 Å². The molecule has 132 valence electrons. The predicted molar refractivity (Wildman–Crippen MR) is 96.5 cm³/mol. The van der Waals surface area contributed by atoms with Crippen LogP contribution in [-0.4, -0.2) is 32.5 Å². The highest BCUT2D eigenvalue weighted by atomic mass is 35.5. The van der Waals surface area contributed by atoms with Gasteiger partial charge in [-0.05, 0) is 37.8 Å². The first-order chi connectivity index (χ1) is 12.1. The quantitative estimate of drug-likeness (QED) is 0.488. The Balaban J connectivity index is 2.02. The van der Waals surface area contributed by atoms with E-state index in [1.807, 2.05) is 4.90 Å². The maximum Gasteiger partial charge on any atom is 0.353 e. The monoisotopic (exact) mass is 362 g/mol. The van der Waals surface area contributed by atoms with Gasteiger partial charge in [-0.25, -0.2) is 15.0 Å². The van der Waals surface area contributed by atoms with Crippen LogP contribution in [0.15, 0.2) is 24.7 Å². The summed E-state index contributed by atoms with van der Waals surface area (Å²) in [6.45, 7) is 2.84. The summed E-state index contributed by atoms with van der Waals surface area (Å²) in [5.41, 5.74) is 0.324. The van der Waals surface area contributed by atoms with Gasteiger partial charge in [0.15, 0.2) is 5.15 Å². The molecular formula is C16H19ClN6O2. The van der Waals surface area contributed by atoms with Gasteiger partial charge in [0.2, 0.25) is 11.6 Å². The number of nitrogens with one attached hydrogen (secondary N) is 1. The normalized spacial score (nSPS) is 17.4. The Morgan fingerprint density at radius 1 is 1.40 bits per heavy atom. The molecule has 9 heteroatoms. The van der Waals surface area contributed by atoms with E-state index in [0.717, 1.165) is 32.2 Å². The SMILES string of the molecule is CCC1CCCCN1c1ncnc(Nc2cccnc2Cl)c1[N+](=O)[O-]. The molecule has 1 aliphatic rings. The predicted octanol–water partition coefficient (Wildman–Crippen LogP) is 3.95. The third-order valence-corrected chi connectivity index (χ3v) is 4.67. The molecule has 1 N–H and O–H groups in total. The Bertz CT molecular complexity index is 772. The molecule has 1 fully saturated rings. The smallest absolute Gasteiger partial charge is 0.348 e. The fourth-order valence-electron chi connectivity index (χ4n) is 3.15. The molecule has 1 atom stereocenters. The molecule has 3 heterocycles. The van der Waals surface area contributed by atoms with Crippen molar-refractivity contribution in [2.75, 3.05) is 16.8 Å². The Kier molecular flexibility index (Phi) is 5.28. The number of hydrogen-bond acceptors (Lipinski definition) is 7. The van der Waals surface area contributed by atoms with Crippen LogP contribution in [0.3, 0.4) is 0 Å². The third kappa shape index (κ3) is 3.63. The van der Waals surface area contributed by atoms with E-state index in [0.29, 0.717) is 11.5 Å². The summed E-state index contributed by atoms with van der Waals surface area (Å²) in [7, 11) is 0. The van der Waals surface area contributed by atoms with Crippen LogP contribution in [0.4, 0.5) is 23.0 Å². The lowest BCUT2D eigenvalue weighted by Gasteiger charge is -2.35. The number of hydrogen-bond donors (Lipinski definition) is 1. The molecule has 0 amide bonds. The number of rotatable bonds is 5. The van der Waals surface area contributed by atoms with E-state index in [1.165, 1.54) is 6.33 Å². The van der Waals surface area contributed by atoms with E-state index in [-0.39, 0.29) is 22.7 Å². The van der Waals surface area contributed by atoms with Crippen molar-refractivity contribution in [1.29, 1.82) is 0 Å². The molecule has 0 aromatic carbocycles. The van der Waals surface area contributed by atoms with Gasteiger partial charge in [-0.2, -0.15) is 0 Å². The van der Waals surface area contributed by atoms with Gasteiger partial charge >= 0.3 is 5.69 Å². The first-order valence-corrected chi connectivity index (χ1v) is 8.63. The first-order valence-electron chi connectivity index (χ1n) is 8.25. The van der Waals surface area contributed by atoms with Gasteiger partial charge in [0.25, 0.3) is 0 Å². The summed E-state index contributed by atoms with van der Waals surface area (Å²) in [6, 6.07) is 3.63. The molecule has 25 heavy (non-hydrogen) atoms. The van der Waals surface area contributed by atoms with Crippen molar-refractivity contribution >= 4 is 34.6 Å². The topological polar surface area (TPSA) is 97.1 Å². The van der Waals surface area contributed by atoms with Gasteiger partial charge < -0.3 is 10.2 Å². The second-order valence-corrected chi connectivity index (χ2v) is 6.23. The molecule has 0 spiro atoms. The molecule has 0 saturated carbocycles. The van der Waals surface area contributed by atoms with E-state index in [4.69, 9.17) is 11.6 Å². The number of anilines is 3. The van der Waals surface area contributed by atoms with Gasteiger partial charge in [-0.1, -0.05) is 18.5 Å². The molecule has 0 aliphatic carbocycles. The van der Waals surface area contributed by atoms with Crippen LogP contribution in [0.5, 0.6) is 0 Å². The Labute approximate surface area is 150 Å². The van der Waals surface area contributed by atoms with E-state index in [2.05, 4.69) is 27.2 Å². The lowest BCUT2D eigenvalue weighted by Crippen LogP contribution is -2.40. The van der Waals surface area contributed by atoms with Gasteiger partial charge in [0.05, 0.1) is 10.6 Å². The average molecular weight is 363 g/mol. The fraction of sp³-hybridized carbons (Fsp3) is 0.438. The molecule has 1 saturated heterocycles. The summed E-state index contributed by atoms with van der Waals surface area (Å²) >= 11 is 6.04. The second-order valence-electron chi connectivity index (χ2n) is 5.87. The molecule has 3 rings (SSSR count). The molecule has 2 aromatic rings. The van der Waals surface area contributed by atoms with Crippen LogP contribution in [0.25, 0.3) is 0 Å². The van der Waals surface area contributed by atoms with Crippen LogP contribution >= 0.6 is 11.6 Å². The minimum absolute atomic E-state index is 0.116. The van der Waals surface area contributed by atoms with Crippen LogP contribution in [0.2, 0.25) is 5.15 Å². The number of piperidine rings is 1. The first kappa shape index (κ1) is 17.3. The molecule has 0 radical (unpaired) electrons. The zero-order valence-electron chi connectivity index (χ0n) is 13.9. The van der Waals surface area contributed by atoms with Crippen molar-refractivity contribution in [3.05, 3.63) is 39.9 Å². The minimum atomic E-state index is -0.441. The van der Waals surface area contributed by atoms with Crippen molar-refractivity contribution in [3.8, 4) is 0 Å². The molecular weight excluding hydrogens is 344 g/mol. The van der Waals surface area contributed by atoms with Crippen molar-refractivity contribution in [1.82, 2.24) is 15.0 Å². The maximum atomic E-state index is 11.8. The van der Waals surface area contributed by atoms with Crippen molar-refractivity contribution < 1.29 is 4.92 Å². The van der Waals surface area contributed by atoms with Gasteiger partial charge in [0, 0.05) is 18.8 Å². The lowest BCUT2D eigenvalue weighted by atomic mass is 10.00. The van der Waals surface area contributed by atoms with Gasteiger partial charge in [0.1, 0.15) is 6.33 Å². The number of nitrogens with zero attached hydrogens (tertiary/aromatic N) is 5. The van der Waals surface area contributed by atoms with Crippen molar-refractivity contribution in [2.24, 2.45) is 0 Å². The Morgan fingerprint density at radius 3 is 2.96 bits per heavy atom. The number of nitro groups is 1. The number of pyridine rings is 1. The summed E-state index contributed by atoms with van der Waals surface area (Å²) < 4.78 is 0. The molecule has 2 aromatic heterocycles. The summed E-state index contributed by atoms with van der Waals surface area (Å²) in [5, 5.41) is 14.9. The standard InChI is InChI=1S/C16H19ClN6O2/c1-2-11-6-3-4-9-22(11)16-13(23(24)25)15(19-10-20-16)21-12-7-5-8-18-14(12)17/h5,7-8,10-11H,2-4,6,9H2,1H3,(H,19,20,21). The zero-order chi connectivity index (χ0) is 17.8.